The summed E-state index contributed by atoms with van der Waals surface area (Å²) in [5, 5.41) is 0. The topological polar surface area (TPSA) is 29.5 Å². The van der Waals surface area contributed by atoms with Crippen molar-refractivity contribution in [2.24, 2.45) is 5.92 Å². The number of methoxy groups -OCH3 is 1. The van der Waals surface area contributed by atoms with E-state index in [0.717, 1.165) is 13.0 Å². The molecule has 1 rings (SSSR count). The molecule has 3 heteroatoms. The molecule has 1 unspecified atom stereocenters. The minimum absolute atomic E-state index is 0.153. The predicted molar refractivity (Wildman–Crippen MR) is 60.7 cm³/mol. The van der Waals surface area contributed by atoms with Gasteiger partial charge < -0.3 is 9.64 Å². The number of nitrogens with zero attached hydrogens (tertiary/aromatic N) is 1. The Morgan fingerprint density at radius 1 is 1.40 bits per heavy atom. The van der Waals surface area contributed by atoms with Crippen molar-refractivity contribution in [1.29, 1.82) is 0 Å². The molecule has 88 valence electrons. The van der Waals surface area contributed by atoms with Crippen LogP contribution in [-0.2, 0) is 9.53 Å². The molecule has 3 nitrogen and oxygen atoms in total. The third-order valence-electron chi connectivity index (χ3n) is 2.92. The van der Waals surface area contributed by atoms with Crippen LogP contribution in [0.3, 0.4) is 0 Å². The highest BCUT2D eigenvalue weighted by Crippen LogP contribution is 2.28. The van der Waals surface area contributed by atoms with Gasteiger partial charge in [0.25, 0.3) is 5.91 Å². The number of hydrogen-bond acceptors (Lipinski definition) is 2. The third-order valence-corrected chi connectivity index (χ3v) is 2.92. The number of hydrogen-bond donors (Lipinski definition) is 0. The maximum atomic E-state index is 12.0. The fraction of sp³-hybridized carbons (Fsp3) is 0.917. The summed E-state index contributed by atoms with van der Waals surface area (Å²) in [6.45, 7) is 7.09. The Labute approximate surface area is 92.8 Å². The predicted octanol–water partition coefficient (Wildman–Crippen LogP) is 2.06. The van der Waals surface area contributed by atoms with E-state index in [-0.39, 0.29) is 12.0 Å². The molecule has 0 radical (unpaired) electrons. The molecule has 1 aliphatic rings. The zero-order valence-electron chi connectivity index (χ0n) is 10.3. The van der Waals surface area contributed by atoms with Gasteiger partial charge in [-0.05, 0) is 32.1 Å². The highest BCUT2D eigenvalue weighted by Gasteiger charge is 2.34. The molecule has 0 aromatic carbocycles. The van der Waals surface area contributed by atoms with Crippen molar-refractivity contribution in [2.45, 2.75) is 52.2 Å². The standard InChI is InChI=1S/C12H23NO2/c1-9(2)7-8-13(11-5-6-11)12(14)10(3)15-4/h9-11H,5-8H2,1-4H3. The molecule has 0 bridgehead atoms. The molecule has 15 heavy (non-hydrogen) atoms. The summed E-state index contributed by atoms with van der Waals surface area (Å²) in [7, 11) is 1.59. The summed E-state index contributed by atoms with van der Waals surface area (Å²) < 4.78 is 5.09. The van der Waals surface area contributed by atoms with E-state index < -0.39 is 0 Å². The normalized spacial score (nSPS) is 17.9. The van der Waals surface area contributed by atoms with Crippen LogP contribution in [0.2, 0.25) is 0 Å². The molecule has 0 N–H and O–H groups in total. The molecule has 0 heterocycles. The largest absolute Gasteiger partial charge is 0.372 e. The molecule has 1 amide bonds. The van der Waals surface area contributed by atoms with Crippen molar-refractivity contribution in [3.05, 3.63) is 0 Å². The van der Waals surface area contributed by atoms with E-state index in [1.165, 1.54) is 12.8 Å². The Bertz CT molecular complexity index is 212. The maximum Gasteiger partial charge on any atom is 0.251 e. The summed E-state index contributed by atoms with van der Waals surface area (Å²) in [5.74, 6) is 0.803. The minimum Gasteiger partial charge on any atom is -0.372 e. The van der Waals surface area contributed by atoms with Gasteiger partial charge >= 0.3 is 0 Å². The lowest BCUT2D eigenvalue weighted by molar-refractivity contribution is -0.141. The van der Waals surface area contributed by atoms with Crippen LogP contribution < -0.4 is 0 Å². The first-order valence-electron chi connectivity index (χ1n) is 5.89. The third kappa shape index (κ3) is 3.82. The average molecular weight is 213 g/mol. The van der Waals surface area contributed by atoms with Gasteiger partial charge in [0.1, 0.15) is 6.10 Å². The second kappa shape index (κ2) is 5.50. The lowest BCUT2D eigenvalue weighted by Gasteiger charge is -2.25. The summed E-state index contributed by atoms with van der Waals surface area (Å²) in [6.07, 6.45) is 3.12. The van der Waals surface area contributed by atoms with E-state index in [0.29, 0.717) is 12.0 Å². The van der Waals surface area contributed by atoms with Crippen LogP contribution in [0.1, 0.15) is 40.0 Å². The van der Waals surface area contributed by atoms with E-state index >= 15 is 0 Å². The highest BCUT2D eigenvalue weighted by molar-refractivity contribution is 5.81. The molecule has 1 aliphatic carbocycles. The zero-order chi connectivity index (χ0) is 11.4. The van der Waals surface area contributed by atoms with Gasteiger partial charge in [0.15, 0.2) is 0 Å². The molecular formula is C12H23NO2. The monoisotopic (exact) mass is 213 g/mol. The van der Waals surface area contributed by atoms with Gasteiger partial charge in [0, 0.05) is 19.7 Å². The van der Waals surface area contributed by atoms with Crippen molar-refractivity contribution in [3.63, 3.8) is 0 Å². The number of ether oxygens (including phenoxy) is 1. The number of rotatable bonds is 6. The molecule has 1 fully saturated rings. The Hall–Kier alpha value is -0.570. The first-order valence-corrected chi connectivity index (χ1v) is 5.89. The molecule has 0 aromatic rings. The first kappa shape index (κ1) is 12.5. The Balaban J connectivity index is 2.45. The van der Waals surface area contributed by atoms with Gasteiger partial charge in [-0.1, -0.05) is 13.8 Å². The molecule has 0 spiro atoms. The lowest BCUT2D eigenvalue weighted by Crippen LogP contribution is -2.41. The summed E-state index contributed by atoms with van der Waals surface area (Å²) in [6, 6.07) is 0.494. The Morgan fingerprint density at radius 2 is 2.00 bits per heavy atom. The number of carbonyl (C=O) groups is 1. The smallest absolute Gasteiger partial charge is 0.251 e. The Kier molecular flexibility index (Phi) is 4.58. The van der Waals surface area contributed by atoms with Gasteiger partial charge in [-0.25, -0.2) is 0 Å². The SMILES string of the molecule is COC(C)C(=O)N(CCC(C)C)C1CC1. The van der Waals surface area contributed by atoms with E-state index in [4.69, 9.17) is 4.74 Å². The molecule has 0 saturated heterocycles. The van der Waals surface area contributed by atoms with Crippen LogP contribution in [-0.4, -0.2) is 36.6 Å². The second-order valence-electron chi connectivity index (χ2n) is 4.82. The molecule has 0 aliphatic heterocycles. The van der Waals surface area contributed by atoms with Gasteiger partial charge in [0.2, 0.25) is 0 Å². The highest BCUT2D eigenvalue weighted by atomic mass is 16.5. The van der Waals surface area contributed by atoms with Crippen LogP contribution in [0.4, 0.5) is 0 Å². The fourth-order valence-electron chi connectivity index (χ4n) is 1.59. The molecule has 1 saturated carbocycles. The van der Waals surface area contributed by atoms with Crippen LogP contribution >= 0.6 is 0 Å². The summed E-state index contributed by atoms with van der Waals surface area (Å²) in [4.78, 5) is 14.0. The lowest BCUT2D eigenvalue weighted by atomic mass is 10.1. The van der Waals surface area contributed by atoms with E-state index in [1.54, 1.807) is 7.11 Å². The quantitative estimate of drug-likeness (QED) is 0.676. The van der Waals surface area contributed by atoms with Crippen LogP contribution in [0.5, 0.6) is 0 Å². The van der Waals surface area contributed by atoms with Crippen LogP contribution in [0.25, 0.3) is 0 Å². The second-order valence-corrected chi connectivity index (χ2v) is 4.82. The maximum absolute atomic E-state index is 12.0. The van der Waals surface area contributed by atoms with E-state index in [2.05, 4.69) is 13.8 Å². The molecule has 0 aromatic heterocycles. The van der Waals surface area contributed by atoms with Crippen LogP contribution in [0, 0.1) is 5.92 Å². The van der Waals surface area contributed by atoms with Gasteiger partial charge in [-0.15, -0.1) is 0 Å². The van der Waals surface area contributed by atoms with Gasteiger partial charge in [-0.3, -0.25) is 4.79 Å². The van der Waals surface area contributed by atoms with Crippen molar-refractivity contribution < 1.29 is 9.53 Å². The molecular weight excluding hydrogens is 190 g/mol. The Morgan fingerprint density at radius 3 is 2.40 bits per heavy atom. The van der Waals surface area contributed by atoms with Crippen molar-refractivity contribution in [1.82, 2.24) is 4.90 Å². The van der Waals surface area contributed by atoms with E-state index in [9.17, 15) is 4.79 Å². The fourth-order valence-corrected chi connectivity index (χ4v) is 1.59. The molecule has 1 atom stereocenters. The van der Waals surface area contributed by atoms with Crippen LogP contribution in [0.15, 0.2) is 0 Å². The number of amides is 1. The van der Waals surface area contributed by atoms with Gasteiger partial charge in [-0.2, -0.15) is 0 Å². The summed E-state index contributed by atoms with van der Waals surface area (Å²) in [5.41, 5.74) is 0. The van der Waals surface area contributed by atoms with Crippen molar-refractivity contribution in [3.8, 4) is 0 Å². The van der Waals surface area contributed by atoms with Gasteiger partial charge in [0.05, 0.1) is 0 Å². The minimum atomic E-state index is -0.294. The number of carbonyl (C=O) groups excluding carboxylic acids is 1. The average Bonchev–Trinajstić information content (AvgIpc) is 3.00. The zero-order valence-corrected chi connectivity index (χ0v) is 10.3. The van der Waals surface area contributed by atoms with Crippen molar-refractivity contribution >= 4 is 5.91 Å². The summed E-state index contributed by atoms with van der Waals surface area (Å²) >= 11 is 0. The van der Waals surface area contributed by atoms with Crippen molar-refractivity contribution in [2.75, 3.05) is 13.7 Å². The first-order chi connectivity index (χ1) is 7.06. The van der Waals surface area contributed by atoms with E-state index in [1.807, 2.05) is 11.8 Å².